The average Bonchev–Trinajstić information content (AvgIpc) is 3.00. The fourth-order valence-corrected chi connectivity index (χ4v) is 3.41. The van der Waals surface area contributed by atoms with Gasteiger partial charge in [0.2, 0.25) is 0 Å². The van der Waals surface area contributed by atoms with Crippen LogP contribution in [0.25, 0.3) is 10.8 Å². The first-order valence-electron chi connectivity index (χ1n) is 9.06. The lowest BCUT2D eigenvalue weighted by Crippen LogP contribution is -2.30. The van der Waals surface area contributed by atoms with E-state index < -0.39 is 11.8 Å². The molecule has 1 aliphatic heterocycles. The normalized spacial score (nSPS) is 13.1. The summed E-state index contributed by atoms with van der Waals surface area (Å²) in [5.74, 6) is 0.517. The van der Waals surface area contributed by atoms with Crippen molar-refractivity contribution in [1.29, 1.82) is 0 Å². The summed E-state index contributed by atoms with van der Waals surface area (Å²) in [5.41, 5.74) is 1.87. The van der Waals surface area contributed by atoms with E-state index in [1.165, 1.54) is 0 Å². The molecule has 0 spiro atoms. The lowest BCUT2D eigenvalue weighted by molar-refractivity contribution is 0.0924. The zero-order valence-electron chi connectivity index (χ0n) is 15.5. The fourth-order valence-electron chi connectivity index (χ4n) is 3.41. The molecule has 0 bridgehead atoms. The van der Waals surface area contributed by atoms with Gasteiger partial charge in [0.15, 0.2) is 11.6 Å². The minimum absolute atomic E-state index is 0.184. The SMILES string of the molecule is Cc1ccc2ccnc(Nc3ccc(N4C(=O)c5ccccc5C4=O)nn3)c2c1. The number of hydrogen-bond acceptors (Lipinski definition) is 6. The van der Waals surface area contributed by atoms with Gasteiger partial charge in [0.1, 0.15) is 5.82 Å². The first-order chi connectivity index (χ1) is 14.1. The largest absolute Gasteiger partial charge is 0.323 e. The van der Waals surface area contributed by atoms with Crippen molar-refractivity contribution in [3.63, 3.8) is 0 Å². The Labute approximate surface area is 166 Å². The van der Waals surface area contributed by atoms with E-state index >= 15 is 0 Å². The standard InChI is InChI=1S/C22H15N5O2/c1-13-6-7-14-10-11-23-20(17(14)12-13)24-18-8-9-19(26-25-18)27-21(28)15-4-2-3-5-16(15)22(27)29/h2-12H,1H3,(H,23,24,25). The zero-order valence-corrected chi connectivity index (χ0v) is 15.5. The number of carbonyl (C=O) groups excluding carboxylic acids is 2. The highest BCUT2D eigenvalue weighted by Crippen LogP contribution is 2.28. The Balaban J connectivity index is 1.44. The molecule has 4 aromatic rings. The van der Waals surface area contributed by atoms with Crippen LogP contribution in [0.2, 0.25) is 0 Å². The van der Waals surface area contributed by atoms with Crippen LogP contribution in [0.4, 0.5) is 17.5 Å². The molecule has 0 fully saturated rings. The fraction of sp³-hybridized carbons (Fsp3) is 0.0455. The Bertz CT molecular complexity index is 1250. The molecule has 140 valence electrons. The highest BCUT2D eigenvalue weighted by molar-refractivity contribution is 6.34. The van der Waals surface area contributed by atoms with Crippen molar-refractivity contribution in [2.45, 2.75) is 6.92 Å². The Kier molecular flexibility index (Phi) is 3.80. The number of benzene rings is 2. The van der Waals surface area contributed by atoms with Crippen LogP contribution in [0.1, 0.15) is 26.3 Å². The number of aromatic nitrogens is 3. The predicted octanol–water partition coefficient (Wildman–Crippen LogP) is 3.88. The zero-order chi connectivity index (χ0) is 20.0. The van der Waals surface area contributed by atoms with Crippen LogP contribution in [0.5, 0.6) is 0 Å². The molecule has 2 amide bonds. The summed E-state index contributed by atoms with van der Waals surface area (Å²) in [7, 11) is 0. The van der Waals surface area contributed by atoms with Gasteiger partial charge in [-0.1, -0.05) is 29.8 Å². The Morgan fingerprint density at radius 3 is 2.31 bits per heavy atom. The molecule has 1 aliphatic rings. The van der Waals surface area contributed by atoms with Gasteiger partial charge in [0, 0.05) is 11.6 Å². The van der Waals surface area contributed by atoms with E-state index in [1.54, 1.807) is 42.6 Å². The molecule has 0 saturated carbocycles. The van der Waals surface area contributed by atoms with Crippen LogP contribution in [0.15, 0.2) is 66.9 Å². The lowest BCUT2D eigenvalue weighted by Gasteiger charge is -2.13. The number of imide groups is 1. The summed E-state index contributed by atoms with van der Waals surface area (Å²) in [6.45, 7) is 2.02. The molecule has 0 radical (unpaired) electrons. The summed E-state index contributed by atoms with van der Waals surface area (Å²) < 4.78 is 0. The first kappa shape index (κ1) is 17.0. The number of nitrogens with one attached hydrogen (secondary N) is 1. The molecule has 5 rings (SSSR count). The highest BCUT2D eigenvalue weighted by Gasteiger charge is 2.37. The third kappa shape index (κ3) is 2.80. The van der Waals surface area contributed by atoms with Crippen molar-refractivity contribution < 1.29 is 9.59 Å². The third-order valence-corrected chi connectivity index (χ3v) is 4.84. The predicted molar refractivity (Wildman–Crippen MR) is 109 cm³/mol. The maximum Gasteiger partial charge on any atom is 0.267 e. The smallest absolute Gasteiger partial charge is 0.267 e. The summed E-state index contributed by atoms with van der Waals surface area (Å²) in [4.78, 5) is 30.6. The molecule has 0 unspecified atom stereocenters. The third-order valence-electron chi connectivity index (χ3n) is 4.84. The lowest BCUT2D eigenvalue weighted by atomic mass is 10.1. The Morgan fingerprint density at radius 2 is 1.62 bits per heavy atom. The van der Waals surface area contributed by atoms with Gasteiger partial charge in [-0.2, -0.15) is 0 Å². The molecule has 7 heteroatoms. The van der Waals surface area contributed by atoms with E-state index in [2.05, 4.69) is 20.5 Å². The summed E-state index contributed by atoms with van der Waals surface area (Å²) >= 11 is 0. The van der Waals surface area contributed by atoms with Gasteiger partial charge < -0.3 is 5.32 Å². The van der Waals surface area contributed by atoms with E-state index in [-0.39, 0.29) is 5.82 Å². The molecule has 0 atom stereocenters. The maximum atomic E-state index is 12.6. The molecule has 3 heterocycles. The molecule has 2 aromatic heterocycles. The highest BCUT2D eigenvalue weighted by atomic mass is 16.2. The van der Waals surface area contributed by atoms with Gasteiger partial charge in [-0.25, -0.2) is 9.88 Å². The van der Waals surface area contributed by atoms with E-state index in [4.69, 9.17) is 0 Å². The van der Waals surface area contributed by atoms with Crippen molar-refractivity contribution in [3.05, 3.63) is 83.6 Å². The second kappa shape index (κ2) is 6.49. The second-order valence-electron chi connectivity index (χ2n) is 6.78. The number of carbonyl (C=O) groups is 2. The van der Waals surface area contributed by atoms with Gasteiger partial charge in [0.25, 0.3) is 11.8 Å². The number of aryl methyl sites for hydroxylation is 1. The number of fused-ring (bicyclic) bond motifs is 2. The minimum atomic E-state index is -0.396. The van der Waals surface area contributed by atoms with Crippen LogP contribution in [0.3, 0.4) is 0 Å². The van der Waals surface area contributed by atoms with Crippen molar-refractivity contribution in [2.75, 3.05) is 10.2 Å². The topological polar surface area (TPSA) is 88.1 Å². The summed E-state index contributed by atoms with van der Waals surface area (Å²) in [6.07, 6.45) is 1.72. The number of anilines is 3. The number of hydrogen-bond donors (Lipinski definition) is 1. The van der Waals surface area contributed by atoms with Crippen molar-refractivity contribution in [2.24, 2.45) is 0 Å². The van der Waals surface area contributed by atoms with E-state index in [0.717, 1.165) is 21.2 Å². The van der Waals surface area contributed by atoms with Crippen molar-refractivity contribution in [3.8, 4) is 0 Å². The number of pyridine rings is 1. The molecule has 0 aliphatic carbocycles. The average molecular weight is 381 g/mol. The van der Waals surface area contributed by atoms with Gasteiger partial charge in [0.05, 0.1) is 11.1 Å². The first-order valence-corrected chi connectivity index (χ1v) is 9.06. The van der Waals surface area contributed by atoms with E-state index in [0.29, 0.717) is 22.8 Å². The summed E-state index contributed by atoms with van der Waals surface area (Å²) in [6, 6.07) is 18.0. The van der Waals surface area contributed by atoms with Gasteiger partial charge in [-0.3, -0.25) is 9.59 Å². The van der Waals surface area contributed by atoms with Gasteiger partial charge in [-0.15, -0.1) is 10.2 Å². The number of rotatable bonds is 3. The minimum Gasteiger partial charge on any atom is -0.323 e. The van der Waals surface area contributed by atoms with Crippen LogP contribution in [-0.2, 0) is 0 Å². The molecule has 1 N–H and O–H groups in total. The Hall–Kier alpha value is -4.13. The van der Waals surface area contributed by atoms with Crippen LogP contribution >= 0.6 is 0 Å². The van der Waals surface area contributed by atoms with Crippen LogP contribution < -0.4 is 10.2 Å². The van der Waals surface area contributed by atoms with E-state index in [9.17, 15) is 9.59 Å². The van der Waals surface area contributed by atoms with Crippen molar-refractivity contribution in [1.82, 2.24) is 15.2 Å². The van der Waals surface area contributed by atoms with E-state index in [1.807, 2.05) is 31.2 Å². The second-order valence-corrected chi connectivity index (χ2v) is 6.78. The van der Waals surface area contributed by atoms with Gasteiger partial charge >= 0.3 is 0 Å². The Morgan fingerprint density at radius 1 is 0.862 bits per heavy atom. The quantitative estimate of drug-likeness (QED) is 0.542. The monoisotopic (exact) mass is 381 g/mol. The molecule has 29 heavy (non-hydrogen) atoms. The molecule has 7 nitrogen and oxygen atoms in total. The molecule has 0 saturated heterocycles. The van der Waals surface area contributed by atoms with Crippen LogP contribution in [0, 0.1) is 6.92 Å². The number of amides is 2. The molecule has 2 aromatic carbocycles. The van der Waals surface area contributed by atoms with Crippen molar-refractivity contribution >= 4 is 40.0 Å². The summed E-state index contributed by atoms with van der Waals surface area (Å²) in [5, 5.41) is 13.4. The van der Waals surface area contributed by atoms with Crippen LogP contribution in [-0.4, -0.2) is 27.0 Å². The maximum absolute atomic E-state index is 12.6. The molecular weight excluding hydrogens is 366 g/mol. The van der Waals surface area contributed by atoms with Gasteiger partial charge in [-0.05, 0) is 48.7 Å². The number of nitrogens with zero attached hydrogens (tertiary/aromatic N) is 4. The molecular formula is C22H15N5O2.